The highest BCUT2D eigenvalue weighted by molar-refractivity contribution is 4.96. The number of tetrazole rings is 1. The van der Waals surface area contributed by atoms with Gasteiger partial charge in [0.2, 0.25) is 0 Å². The van der Waals surface area contributed by atoms with E-state index in [1.807, 2.05) is 4.68 Å². The van der Waals surface area contributed by atoms with E-state index in [4.69, 9.17) is 5.73 Å². The normalized spacial score (nSPS) is 15.3. The summed E-state index contributed by atoms with van der Waals surface area (Å²) in [6, 6.07) is -0.113. The van der Waals surface area contributed by atoms with Gasteiger partial charge in [0.1, 0.15) is 0 Å². The van der Waals surface area contributed by atoms with Gasteiger partial charge in [0, 0.05) is 0 Å². The van der Waals surface area contributed by atoms with E-state index in [1.165, 1.54) is 0 Å². The van der Waals surface area contributed by atoms with Crippen LogP contribution in [0.3, 0.4) is 0 Å². The molecule has 0 fully saturated rings. The molecule has 5 heteroatoms. The van der Waals surface area contributed by atoms with Crippen molar-refractivity contribution in [1.29, 1.82) is 0 Å². The summed E-state index contributed by atoms with van der Waals surface area (Å²) >= 11 is 0. The average molecular weight is 295 g/mol. The Balaban J connectivity index is 2.90. The lowest BCUT2D eigenvalue weighted by Crippen LogP contribution is -2.35. The number of aromatic nitrogens is 4. The van der Waals surface area contributed by atoms with E-state index in [2.05, 4.69) is 70.9 Å². The van der Waals surface area contributed by atoms with Gasteiger partial charge >= 0.3 is 0 Å². The number of nitrogens with zero attached hydrogens (tertiary/aromatic N) is 4. The third-order valence-corrected chi connectivity index (χ3v) is 3.57. The van der Waals surface area contributed by atoms with Gasteiger partial charge in [0.15, 0.2) is 5.82 Å². The first-order valence-electron chi connectivity index (χ1n) is 7.86. The molecule has 0 aliphatic carbocycles. The highest BCUT2D eigenvalue weighted by atomic mass is 15.6. The lowest BCUT2D eigenvalue weighted by atomic mass is 9.81. The van der Waals surface area contributed by atoms with E-state index < -0.39 is 0 Å². The second-order valence-corrected chi connectivity index (χ2v) is 9.20. The molecular weight excluding hydrogens is 262 g/mol. The van der Waals surface area contributed by atoms with Gasteiger partial charge in [0.25, 0.3) is 0 Å². The van der Waals surface area contributed by atoms with Gasteiger partial charge in [0.05, 0.1) is 11.6 Å². The van der Waals surface area contributed by atoms with Gasteiger partial charge in [-0.25, -0.2) is 4.68 Å². The molecule has 1 unspecified atom stereocenters. The molecule has 0 aliphatic rings. The van der Waals surface area contributed by atoms with Crippen LogP contribution < -0.4 is 5.73 Å². The lowest BCUT2D eigenvalue weighted by Gasteiger charge is -2.33. The molecule has 0 aromatic carbocycles. The monoisotopic (exact) mass is 295 g/mol. The van der Waals surface area contributed by atoms with Crippen molar-refractivity contribution in [2.45, 2.75) is 86.2 Å². The SMILES string of the molecule is CC(C)(C)CCC(N)c1nnnn1C(C)(C)CC(C)(C)C. The molecule has 1 atom stereocenters. The standard InChI is InChI=1S/C16H33N5/c1-14(2,3)10-9-12(17)13-18-19-20-21(13)16(7,8)11-15(4,5)6/h12H,9-11,17H2,1-8H3. The molecule has 1 aromatic heterocycles. The van der Waals surface area contributed by atoms with Crippen LogP contribution in [0.2, 0.25) is 0 Å². The van der Waals surface area contributed by atoms with Crippen LogP contribution in [0.5, 0.6) is 0 Å². The topological polar surface area (TPSA) is 69.6 Å². The smallest absolute Gasteiger partial charge is 0.168 e. The molecule has 1 aromatic rings. The highest BCUT2D eigenvalue weighted by Crippen LogP contribution is 2.33. The second-order valence-electron chi connectivity index (χ2n) is 9.20. The molecule has 0 spiro atoms. The number of rotatable bonds is 5. The number of hydrogen-bond acceptors (Lipinski definition) is 4. The maximum Gasteiger partial charge on any atom is 0.168 e. The van der Waals surface area contributed by atoms with Crippen LogP contribution in [0.15, 0.2) is 0 Å². The largest absolute Gasteiger partial charge is 0.321 e. The van der Waals surface area contributed by atoms with Crippen molar-refractivity contribution in [1.82, 2.24) is 20.2 Å². The fourth-order valence-electron chi connectivity index (χ4n) is 2.95. The van der Waals surface area contributed by atoms with Crippen LogP contribution in [-0.4, -0.2) is 20.2 Å². The Morgan fingerprint density at radius 1 is 1.00 bits per heavy atom. The minimum absolute atomic E-state index is 0.113. The molecule has 1 rings (SSSR count). The first-order valence-corrected chi connectivity index (χ1v) is 7.86. The van der Waals surface area contributed by atoms with E-state index in [0.717, 1.165) is 25.1 Å². The molecule has 0 saturated carbocycles. The van der Waals surface area contributed by atoms with E-state index in [-0.39, 0.29) is 22.4 Å². The minimum atomic E-state index is -0.142. The molecule has 5 nitrogen and oxygen atoms in total. The maximum atomic E-state index is 6.34. The summed E-state index contributed by atoms with van der Waals surface area (Å²) in [4.78, 5) is 0. The third kappa shape index (κ3) is 5.73. The molecule has 0 amide bonds. The van der Waals surface area contributed by atoms with Crippen LogP contribution in [0, 0.1) is 10.8 Å². The molecule has 0 bridgehead atoms. The Morgan fingerprint density at radius 3 is 2.05 bits per heavy atom. The molecule has 1 heterocycles. The Kier molecular flexibility index (Phi) is 5.19. The Morgan fingerprint density at radius 2 is 1.57 bits per heavy atom. The number of hydrogen-bond donors (Lipinski definition) is 1. The van der Waals surface area contributed by atoms with Crippen molar-refractivity contribution in [3.8, 4) is 0 Å². The van der Waals surface area contributed by atoms with Crippen molar-refractivity contribution in [2.24, 2.45) is 16.6 Å². The Bertz CT molecular complexity index is 448. The van der Waals surface area contributed by atoms with Gasteiger partial charge < -0.3 is 5.73 Å². The van der Waals surface area contributed by atoms with Gasteiger partial charge in [-0.05, 0) is 54.4 Å². The van der Waals surface area contributed by atoms with Gasteiger partial charge in [-0.15, -0.1) is 5.10 Å². The van der Waals surface area contributed by atoms with Crippen LogP contribution >= 0.6 is 0 Å². The summed E-state index contributed by atoms with van der Waals surface area (Å²) in [5.74, 6) is 0.800. The van der Waals surface area contributed by atoms with Crippen molar-refractivity contribution in [3.05, 3.63) is 5.82 Å². The fraction of sp³-hybridized carbons (Fsp3) is 0.938. The zero-order valence-corrected chi connectivity index (χ0v) is 15.1. The molecule has 0 aliphatic heterocycles. The summed E-state index contributed by atoms with van der Waals surface area (Å²) in [5.41, 5.74) is 6.69. The average Bonchev–Trinajstić information content (AvgIpc) is 2.70. The molecule has 122 valence electrons. The summed E-state index contributed by atoms with van der Waals surface area (Å²) in [7, 11) is 0. The first-order chi connectivity index (χ1) is 9.32. The summed E-state index contributed by atoms with van der Waals surface area (Å²) in [6.45, 7) is 17.7. The summed E-state index contributed by atoms with van der Waals surface area (Å²) in [5, 5.41) is 12.3. The zero-order valence-electron chi connectivity index (χ0n) is 15.1. The van der Waals surface area contributed by atoms with Crippen molar-refractivity contribution in [3.63, 3.8) is 0 Å². The van der Waals surface area contributed by atoms with Gasteiger partial charge in [-0.2, -0.15) is 0 Å². The molecule has 0 saturated heterocycles. The summed E-state index contributed by atoms with van der Waals surface area (Å²) < 4.78 is 1.92. The van der Waals surface area contributed by atoms with Crippen molar-refractivity contribution >= 4 is 0 Å². The van der Waals surface area contributed by atoms with Crippen LogP contribution in [0.25, 0.3) is 0 Å². The molecular formula is C16H33N5. The predicted octanol–water partition coefficient (Wildman–Crippen LogP) is 3.67. The van der Waals surface area contributed by atoms with Crippen molar-refractivity contribution in [2.75, 3.05) is 0 Å². The Hall–Kier alpha value is -0.970. The van der Waals surface area contributed by atoms with E-state index in [1.54, 1.807) is 0 Å². The Labute approximate surface area is 129 Å². The minimum Gasteiger partial charge on any atom is -0.321 e. The van der Waals surface area contributed by atoms with E-state index in [9.17, 15) is 0 Å². The third-order valence-electron chi connectivity index (χ3n) is 3.57. The first kappa shape index (κ1) is 18.1. The quantitative estimate of drug-likeness (QED) is 0.899. The van der Waals surface area contributed by atoms with E-state index >= 15 is 0 Å². The molecule has 0 radical (unpaired) electrons. The lowest BCUT2D eigenvalue weighted by molar-refractivity contribution is 0.187. The van der Waals surface area contributed by atoms with E-state index in [0.29, 0.717) is 0 Å². The van der Waals surface area contributed by atoms with Crippen LogP contribution in [-0.2, 0) is 5.54 Å². The predicted molar refractivity (Wildman–Crippen MR) is 86.8 cm³/mol. The van der Waals surface area contributed by atoms with Crippen LogP contribution in [0.4, 0.5) is 0 Å². The zero-order chi connectivity index (χ0) is 16.5. The van der Waals surface area contributed by atoms with Crippen molar-refractivity contribution < 1.29 is 0 Å². The molecule has 2 N–H and O–H groups in total. The fourth-order valence-corrected chi connectivity index (χ4v) is 2.95. The number of nitrogens with two attached hydrogens (primary N) is 1. The van der Waals surface area contributed by atoms with Gasteiger partial charge in [-0.3, -0.25) is 0 Å². The maximum absolute atomic E-state index is 6.34. The highest BCUT2D eigenvalue weighted by Gasteiger charge is 2.32. The van der Waals surface area contributed by atoms with Crippen LogP contribution in [0.1, 0.15) is 86.5 Å². The second kappa shape index (κ2) is 6.03. The molecule has 21 heavy (non-hydrogen) atoms. The van der Waals surface area contributed by atoms with Gasteiger partial charge in [-0.1, -0.05) is 41.5 Å². The summed E-state index contributed by atoms with van der Waals surface area (Å²) in [6.07, 6.45) is 2.94.